The number of hydrogen-bond donors (Lipinski definition) is 2. The highest BCUT2D eigenvalue weighted by Gasteiger charge is 2.00. The Morgan fingerprint density at radius 2 is 2.33 bits per heavy atom. The van der Waals surface area contributed by atoms with E-state index >= 15 is 0 Å². The highest BCUT2D eigenvalue weighted by Crippen LogP contribution is 2.13. The molecule has 0 aliphatic carbocycles. The number of rotatable bonds is 4. The molecule has 0 aliphatic rings. The zero-order valence-corrected chi connectivity index (χ0v) is 9.60. The average Bonchev–Trinajstić information content (AvgIpc) is 2.10. The summed E-state index contributed by atoms with van der Waals surface area (Å²) in [6, 6.07) is 1.72. The molecule has 0 unspecified atom stereocenters. The van der Waals surface area contributed by atoms with Crippen LogP contribution in [0.3, 0.4) is 0 Å². The van der Waals surface area contributed by atoms with Crippen LogP contribution in [-0.4, -0.2) is 28.2 Å². The topological polar surface area (TPSA) is 80.9 Å². The van der Waals surface area contributed by atoms with Crippen LogP contribution in [0.2, 0.25) is 0 Å². The fourth-order valence-electron chi connectivity index (χ4n) is 0.999. The minimum absolute atomic E-state index is 0.0275. The molecule has 1 aromatic rings. The summed E-state index contributed by atoms with van der Waals surface area (Å²) < 4.78 is 0. The Hall–Kier alpha value is -1.30. The monoisotopic (exact) mass is 226 g/mol. The van der Waals surface area contributed by atoms with Crippen LogP contribution in [0.1, 0.15) is 12.6 Å². The molecule has 1 rings (SSSR count). The number of amides is 1. The summed E-state index contributed by atoms with van der Waals surface area (Å²) >= 11 is 1.47. The first-order valence-corrected chi connectivity index (χ1v) is 5.55. The van der Waals surface area contributed by atoms with E-state index in [1.165, 1.54) is 18.7 Å². The molecule has 0 radical (unpaired) electrons. The van der Waals surface area contributed by atoms with Gasteiger partial charge in [0, 0.05) is 31.0 Å². The fraction of sp³-hybridized carbons (Fsp3) is 0.444. The number of nitrogens with zero attached hydrogens (tertiary/aromatic N) is 2. The first kappa shape index (κ1) is 11.8. The Balaban J connectivity index is 2.40. The lowest BCUT2D eigenvalue weighted by Gasteiger charge is -2.03. The molecule has 0 saturated heterocycles. The maximum atomic E-state index is 10.6. The van der Waals surface area contributed by atoms with Gasteiger partial charge in [-0.1, -0.05) is 11.8 Å². The molecule has 0 saturated carbocycles. The summed E-state index contributed by atoms with van der Waals surface area (Å²) in [7, 11) is 0. The number of anilines is 1. The number of hydrogen-bond acceptors (Lipinski definition) is 5. The molecule has 3 N–H and O–H groups in total. The molecule has 0 aromatic carbocycles. The molecule has 0 spiro atoms. The third kappa shape index (κ3) is 4.64. The number of carbonyl (C=O) groups is 1. The van der Waals surface area contributed by atoms with Gasteiger partial charge in [0.2, 0.25) is 5.91 Å². The minimum Gasteiger partial charge on any atom is -0.384 e. The van der Waals surface area contributed by atoms with E-state index in [2.05, 4.69) is 15.3 Å². The molecular formula is C9H14N4OS. The number of nitrogens with two attached hydrogens (primary N) is 1. The summed E-state index contributed by atoms with van der Waals surface area (Å²) in [5.74, 6) is 1.19. The second-order valence-corrected chi connectivity index (χ2v) is 4.11. The maximum Gasteiger partial charge on any atom is 0.216 e. The van der Waals surface area contributed by atoms with Crippen LogP contribution in [0, 0.1) is 6.92 Å². The van der Waals surface area contributed by atoms with Crippen LogP contribution in [0.5, 0.6) is 0 Å². The van der Waals surface area contributed by atoms with Crippen molar-refractivity contribution in [1.29, 1.82) is 0 Å². The number of aryl methyl sites for hydroxylation is 1. The molecule has 0 aliphatic heterocycles. The van der Waals surface area contributed by atoms with Crippen molar-refractivity contribution < 1.29 is 4.79 Å². The number of aromatic nitrogens is 2. The van der Waals surface area contributed by atoms with Gasteiger partial charge < -0.3 is 11.1 Å². The van der Waals surface area contributed by atoms with Gasteiger partial charge in [-0.15, -0.1) is 0 Å². The highest BCUT2D eigenvalue weighted by molar-refractivity contribution is 7.99. The third-order valence-corrected chi connectivity index (χ3v) is 2.41. The number of thioether (sulfide) groups is 1. The Bertz CT molecular complexity index is 336. The van der Waals surface area contributed by atoms with E-state index in [0.717, 1.165) is 11.4 Å². The molecule has 15 heavy (non-hydrogen) atoms. The van der Waals surface area contributed by atoms with E-state index in [1.807, 2.05) is 6.92 Å². The number of carbonyl (C=O) groups excluding carboxylic acids is 1. The van der Waals surface area contributed by atoms with Crippen molar-refractivity contribution in [2.45, 2.75) is 19.0 Å². The normalized spacial score (nSPS) is 10.0. The van der Waals surface area contributed by atoms with Crippen molar-refractivity contribution in [3.8, 4) is 0 Å². The maximum absolute atomic E-state index is 10.6. The average molecular weight is 226 g/mol. The van der Waals surface area contributed by atoms with Gasteiger partial charge in [-0.2, -0.15) is 0 Å². The van der Waals surface area contributed by atoms with E-state index in [1.54, 1.807) is 6.07 Å². The van der Waals surface area contributed by atoms with Crippen LogP contribution < -0.4 is 11.1 Å². The molecule has 82 valence electrons. The van der Waals surface area contributed by atoms with Gasteiger partial charge in [-0.3, -0.25) is 4.79 Å². The Morgan fingerprint density at radius 1 is 1.60 bits per heavy atom. The predicted octanol–water partition coefficient (Wildman–Crippen LogP) is 0.595. The summed E-state index contributed by atoms with van der Waals surface area (Å²) in [6.07, 6.45) is 0. The predicted molar refractivity (Wildman–Crippen MR) is 60.6 cm³/mol. The number of nitrogen functional groups attached to an aromatic ring is 1. The molecular weight excluding hydrogens is 212 g/mol. The molecule has 6 heteroatoms. The lowest BCUT2D eigenvalue weighted by molar-refractivity contribution is -0.118. The standard InChI is InChI=1S/C9H14N4OS/c1-6-5-8(10)13-9(12-6)15-4-3-11-7(2)14/h5H,3-4H2,1-2H3,(H,11,14)(H2,10,12,13). The van der Waals surface area contributed by atoms with Crippen LogP contribution in [0.25, 0.3) is 0 Å². The molecule has 1 heterocycles. The molecule has 1 aromatic heterocycles. The molecule has 5 nitrogen and oxygen atoms in total. The molecule has 0 fully saturated rings. The van der Waals surface area contributed by atoms with Crippen molar-refractivity contribution in [2.24, 2.45) is 0 Å². The first-order valence-electron chi connectivity index (χ1n) is 4.56. The van der Waals surface area contributed by atoms with Crippen LogP contribution >= 0.6 is 11.8 Å². The zero-order chi connectivity index (χ0) is 11.3. The molecule has 0 atom stereocenters. The van der Waals surface area contributed by atoms with E-state index in [9.17, 15) is 4.79 Å². The van der Waals surface area contributed by atoms with Crippen LogP contribution in [-0.2, 0) is 4.79 Å². The number of nitrogens with one attached hydrogen (secondary N) is 1. The van der Waals surface area contributed by atoms with Gasteiger partial charge in [-0.25, -0.2) is 9.97 Å². The van der Waals surface area contributed by atoms with E-state index < -0.39 is 0 Å². The SMILES string of the molecule is CC(=O)NCCSc1nc(C)cc(N)n1. The van der Waals surface area contributed by atoms with Gasteiger partial charge in [0.1, 0.15) is 5.82 Å². The van der Waals surface area contributed by atoms with Crippen molar-refractivity contribution >= 4 is 23.5 Å². The smallest absolute Gasteiger partial charge is 0.216 e. The molecule has 0 bridgehead atoms. The van der Waals surface area contributed by atoms with Crippen molar-refractivity contribution in [2.75, 3.05) is 18.0 Å². The molecule has 1 amide bonds. The van der Waals surface area contributed by atoms with Gasteiger partial charge >= 0.3 is 0 Å². The zero-order valence-electron chi connectivity index (χ0n) is 8.78. The first-order chi connectivity index (χ1) is 7.08. The third-order valence-electron chi connectivity index (χ3n) is 1.56. The van der Waals surface area contributed by atoms with Crippen molar-refractivity contribution in [3.63, 3.8) is 0 Å². The largest absolute Gasteiger partial charge is 0.384 e. The van der Waals surface area contributed by atoms with Gasteiger partial charge in [0.15, 0.2) is 5.16 Å². The van der Waals surface area contributed by atoms with E-state index in [0.29, 0.717) is 17.5 Å². The van der Waals surface area contributed by atoms with Gasteiger partial charge in [0.25, 0.3) is 0 Å². The van der Waals surface area contributed by atoms with Gasteiger partial charge in [0.05, 0.1) is 0 Å². The van der Waals surface area contributed by atoms with Gasteiger partial charge in [-0.05, 0) is 6.92 Å². The van der Waals surface area contributed by atoms with Crippen molar-refractivity contribution in [1.82, 2.24) is 15.3 Å². The minimum atomic E-state index is -0.0275. The van der Waals surface area contributed by atoms with Crippen LogP contribution in [0.4, 0.5) is 5.82 Å². The Labute approximate surface area is 92.9 Å². The lowest BCUT2D eigenvalue weighted by atomic mass is 10.4. The lowest BCUT2D eigenvalue weighted by Crippen LogP contribution is -2.22. The highest BCUT2D eigenvalue weighted by atomic mass is 32.2. The summed E-state index contributed by atoms with van der Waals surface area (Å²) in [5.41, 5.74) is 6.43. The van der Waals surface area contributed by atoms with Crippen molar-refractivity contribution in [3.05, 3.63) is 11.8 Å². The fourth-order valence-corrected chi connectivity index (χ4v) is 1.76. The second-order valence-electron chi connectivity index (χ2n) is 3.05. The summed E-state index contributed by atoms with van der Waals surface area (Å²) in [4.78, 5) is 18.9. The quantitative estimate of drug-likeness (QED) is 0.446. The Kier molecular flexibility index (Phi) is 4.36. The van der Waals surface area contributed by atoms with E-state index in [4.69, 9.17) is 5.73 Å². The Morgan fingerprint density at radius 3 is 2.93 bits per heavy atom. The summed E-state index contributed by atoms with van der Waals surface area (Å²) in [5, 5.41) is 3.35. The second kappa shape index (κ2) is 5.55. The summed E-state index contributed by atoms with van der Waals surface area (Å²) in [6.45, 7) is 3.97. The van der Waals surface area contributed by atoms with Crippen LogP contribution in [0.15, 0.2) is 11.2 Å². The van der Waals surface area contributed by atoms with E-state index in [-0.39, 0.29) is 5.91 Å².